The van der Waals surface area contributed by atoms with E-state index < -0.39 is 5.91 Å². The van der Waals surface area contributed by atoms with Gasteiger partial charge in [0.2, 0.25) is 5.43 Å². The van der Waals surface area contributed by atoms with Crippen LogP contribution in [0, 0.1) is 0 Å². The van der Waals surface area contributed by atoms with E-state index in [4.69, 9.17) is 4.74 Å². The molecule has 0 atom stereocenters. The van der Waals surface area contributed by atoms with Crippen molar-refractivity contribution in [3.05, 3.63) is 68.9 Å². The van der Waals surface area contributed by atoms with Gasteiger partial charge in [0, 0.05) is 23.4 Å². The summed E-state index contributed by atoms with van der Waals surface area (Å²) in [6.07, 6.45) is 1.55. The second kappa shape index (κ2) is 6.49. The number of carbonyl (C=O) groups excluding carboxylic acids is 1. The van der Waals surface area contributed by atoms with Gasteiger partial charge in [-0.25, -0.2) is 0 Å². The highest BCUT2D eigenvalue weighted by Gasteiger charge is 2.15. The Labute approximate surface area is 147 Å². The maximum Gasteiger partial charge on any atom is 0.261 e. The predicted molar refractivity (Wildman–Crippen MR) is 97.8 cm³/mol. The number of halogens is 1. The molecule has 5 nitrogen and oxygen atoms in total. The molecule has 1 amide bonds. The maximum absolute atomic E-state index is 12.7. The Bertz CT molecular complexity index is 978. The molecular formula is C18H15BrN2O3. The Hall–Kier alpha value is -2.60. The molecule has 0 aliphatic rings. The van der Waals surface area contributed by atoms with Crippen molar-refractivity contribution in [1.29, 1.82) is 0 Å². The number of benzene rings is 2. The highest BCUT2D eigenvalue weighted by molar-refractivity contribution is 9.10. The van der Waals surface area contributed by atoms with E-state index in [0.717, 1.165) is 9.99 Å². The normalized spacial score (nSPS) is 10.6. The maximum atomic E-state index is 12.7. The summed E-state index contributed by atoms with van der Waals surface area (Å²) in [6.45, 7) is 0. The quantitative estimate of drug-likeness (QED) is 0.748. The minimum Gasteiger partial charge on any atom is -0.497 e. The number of nitrogens with one attached hydrogen (secondary N) is 1. The van der Waals surface area contributed by atoms with Gasteiger partial charge in [-0.1, -0.05) is 15.9 Å². The second-order valence-corrected chi connectivity index (χ2v) is 6.24. The van der Waals surface area contributed by atoms with Gasteiger partial charge in [0.15, 0.2) is 0 Å². The molecule has 2 aromatic carbocycles. The van der Waals surface area contributed by atoms with Crippen molar-refractivity contribution < 1.29 is 9.53 Å². The summed E-state index contributed by atoms with van der Waals surface area (Å²) in [4.78, 5) is 25.2. The molecule has 0 radical (unpaired) electrons. The van der Waals surface area contributed by atoms with Gasteiger partial charge in [-0.05, 0) is 42.5 Å². The standard InChI is InChI=1S/C18H15BrN2O3/c1-21-10-15(18(23)20-12-5-3-11(19)4-6-12)17(22)14-9-13(24-2)7-8-16(14)21/h3-10H,1-2H3,(H,20,23). The first-order chi connectivity index (χ1) is 11.5. The lowest BCUT2D eigenvalue weighted by Crippen LogP contribution is -2.23. The van der Waals surface area contributed by atoms with Gasteiger partial charge in [0.25, 0.3) is 5.91 Å². The molecule has 0 spiro atoms. The minimum atomic E-state index is -0.442. The SMILES string of the molecule is COc1ccc2c(c1)c(=O)c(C(=O)Nc1ccc(Br)cc1)cn2C. The number of pyridine rings is 1. The smallest absolute Gasteiger partial charge is 0.261 e. The molecule has 0 bridgehead atoms. The minimum absolute atomic E-state index is 0.0844. The third-order valence-electron chi connectivity index (χ3n) is 3.74. The van der Waals surface area contributed by atoms with Gasteiger partial charge >= 0.3 is 0 Å². The number of anilines is 1. The first-order valence-corrected chi connectivity index (χ1v) is 8.03. The van der Waals surface area contributed by atoms with Crippen LogP contribution >= 0.6 is 15.9 Å². The highest BCUT2D eigenvalue weighted by Crippen LogP contribution is 2.19. The molecule has 0 saturated carbocycles. The molecule has 0 aliphatic heterocycles. The Kier molecular flexibility index (Phi) is 4.40. The van der Waals surface area contributed by atoms with Crippen LogP contribution in [-0.4, -0.2) is 17.6 Å². The number of nitrogens with zero attached hydrogens (tertiary/aromatic N) is 1. The summed E-state index contributed by atoms with van der Waals surface area (Å²) in [6, 6.07) is 12.4. The molecule has 0 fully saturated rings. The Morgan fingerprint density at radius 3 is 2.54 bits per heavy atom. The van der Waals surface area contributed by atoms with Gasteiger partial charge in [-0.15, -0.1) is 0 Å². The number of fused-ring (bicyclic) bond motifs is 1. The third kappa shape index (κ3) is 3.05. The fourth-order valence-electron chi connectivity index (χ4n) is 2.49. The van der Waals surface area contributed by atoms with Gasteiger partial charge < -0.3 is 14.6 Å². The molecule has 1 aromatic heterocycles. The number of methoxy groups -OCH3 is 1. The molecule has 3 aromatic rings. The van der Waals surface area contributed by atoms with E-state index in [1.807, 2.05) is 12.1 Å². The average molecular weight is 387 g/mol. The molecule has 0 unspecified atom stereocenters. The van der Waals surface area contributed by atoms with Crippen LogP contribution in [0.4, 0.5) is 5.69 Å². The zero-order chi connectivity index (χ0) is 17.3. The van der Waals surface area contributed by atoms with E-state index in [0.29, 0.717) is 16.8 Å². The van der Waals surface area contributed by atoms with Crippen molar-refractivity contribution in [3.8, 4) is 5.75 Å². The molecule has 24 heavy (non-hydrogen) atoms. The van der Waals surface area contributed by atoms with E-state index in [1.165, 1.54) is 7.11 Å². The number of hydrogen-bond acceptors (Lipinski definition) is 3. The van der Waals surface area contributed by atoms with Crippen LogP contribution in [0.15, 0.2) is 57.9 Å². The van der Waals surface area contributed by atoms with Gasteiger partial charge in [0.05, 0.1) is 18.0 Å². The number of aromatic nitrogens is 1. The number of amides is 1. The van der Waals surface area contributed by atoms with E-state index in [9.17, 15) is 9.59 Å². The first-order valence-electron chi connectivity index (χ1n) is 7.24. The van der Waals surface area contributed by atoms with Crippen LogP contribution in [0.1, 0.15) is 10.4 Å². The Morgan fingerprint density at radius 1 is 1.17 bits per heavy atom. The van der Waals surface area contributed by atoms with E-state index >= 15 is 0 Å². The number of carbonyl (C=O) groups is 1. The summed E-state index contributed by atoms with van der Waals surface area (Å²) in [5, 5.41) is 3.19. The summed E-state index contributed by atoms with van der Waals surface area (Å²) >= 11 is 3.34. The van der Waals surface area contributed by atoms with Crippen LogP contribution in [0.3, 0.4) is 0 Å². The van der Waals surface area contributed by atoms with Crippen molar-refractivity contribution >= 4 is 38.4 Å². The lowest BCUT2D eigenvalue weighted by molar-refractivity contribution is 0.102. The summed E-state index contributed by atoms with van der Waals surface area (Å²) < 4.78 is 7.84. The number of aryl methyl sites for hydroxylation is 1. The van der Waals surface area contributed by atoms with Crippen molar-refractivity contribution in [2.24, 2.45) is 7.05 Å². The fourth-order valence-corrected chi connectivity index (χ4v) is 2.76. The van der Waals surface area contributed by atoms with Crippen LogP contribution in [0.25, 0.3) is 10.9 Å². The highest BCUT2D eigenvalue weighted by atomic mass is 79.9. The van der Waals surface area contributed by atoms with Crippen molar-refractivity contribution in [2.45, 2.75) is 0 Å². The third-order valence-corrected chi connectivity index (χ3v) is 4.27. The van der Waals surface area contributed by atoms with Crippen LogP contribution in [0.2, 0.25) is 0 Å². The molecule has 0 saturated heterocycles. The number of ether oxygens (including phenoxy) is 1. The zero-order valence-corrected chi connectivity index (χ0v) is 14.8. The monoisotopic (exact) mass is 386 g/mol. The molecule has 122 valence electrons. The lowest BCUT2D eigenvalue weighted by atomic mass is 10.1. The Balaban J connectivity index is 2.05. The zero-order valence-electron chi connectivity index (χ0n) is 13.2. The summed E-state index contributed by atoms with van der Waals surface area (Å²) in [7, 11) is 3.33. The molecule has 6 heteroatoms. The van der Waals surface area contributed by atoms with Crippen molar-refractivity contribution in [3.63, 3.8) is 0 Å². The predicted octanol–water partition coefficient (Wildman–Crippen LogP) is 3.56. The van der Waals surface area contributed by atoms with Crippen LogP contribution in [-0.2, 0) is 7.05 Å². The molecule has 0 aliphatic carbocycles. The van der Waals surface area contributed by atoms with Crippen LogP contribution < -0.4 is 15.5 Å². The van der Waals surface area contributed by atoms with Gasteiger partial charge in [-0.2, -0.15) is 0 Å². The summed E-state index contributed by atoms with van der Waals surface area (Å²) in [5.41, 5.74) is 1.12. The average Bonchev–Trinajstić information content (AvgIpc) is 2.59. The van der Waals surface area contributed by atoms with Crippen LogP contribution in [0.5, 0.6) is 5.75 Å². The molecular weight excluding hydrogens is 372 g/mol. The lowest BCUT2D eigenvalue weighted by Gasteiger charge is -2.10. The molecule has 1 heterocycles. The van der Waals surface area contributed by atoms with Gasteiger partial charge in [-0.3, -0.25) is 9.59 Å². The van der Waals surface area contributed by atoms with Crippen molar-refractivity contribution in [2.75, 3.05) is 12.4 Å². The first kappa shape index (κ1) is 16.3. The van der Waals surface area contributed by atoms with E-state index in [1.54, 1.807) is 48.1 Å². The Morgan fingerprint density at radius 2 is 1.88 bits per heavy atom. The topological polar surface area (TPSA) is 60.3 Å². The van der Waals surface area contributed by atoms with Crippen molar-refractivity contribution in [1.82, 2.24) is 4.57 Å². The summed E-state index contributed by atoms with van der Waals surface area (Å²) in [5.74, 6) is 0.132. The number of rotatable bonds is 3. The van der Waals surface area contributed by atoms with E-state index in [2.05, 4.69) is 21.2 Å². The molecule has 1 N–H and O–H groups in total. The second-order valence-electron chi connectivity index (χ2n) is 5.33. The number of hydrogen-bond donors (Lipinski definition) is 1. The fraction of sp³-hybridized carbons (Fsp3) is 0.111. The van der Waals surface area contributed by atoms with E-state index in [-0.39, 0.29) is 11.0 Å². The van der Waals surface area contributed by atoms with Gasteiger partial charge in [0.1, 0.15) is 11.3 Å². The molecule has 3 rings (SSSR count). The largest absolute Gasteiger partial charge is 0.497 e.